The SMILES string of the molecule is Cc1ccc([C@H](N)CCO)c(F)c1. The fourth-order valence-electron chi connectivity index (χ4n) is 1.23. The lowest BCUT2D eigenvalue weighted by Gasteiger charge is -2.11. The van der Waals surface area contributed by atoms with Crippen molar-refractivity contribution in [3.05, 3.63) is 35.1 Å². The Morgan fingerprint density at radius 2 is 2.23 bits per heavy atom. The van der Waals surface area contributed by atoms with Gasteiger partial charge in [0.1, 0.15) is 5.82 Å². The van der Waals surface area contributed by atoms with Gasteiger partial charge < -0.3 is 10.8 Å². The highest BCUT2D eigenvalue weighted by molar-refractivity contribution is 5.25. The first-order valence-electron chi connectivity index (χ1n) is 4.27. The van der Waals surface area contributed by atoms with Crippen LogP contribution in [-0.4, -0.2) is 11.7 Å². The summed E-state index contributed by atoms with van der Waals surface area (Å²) in [6.07, 6.45) is 0.389. The van der Waals surface area contributed by atoms with Gasteiger partial charge in [-0.2, -0.15) is 0 Å². The number of rotatable bonds is 3. The van der Waals surface area contributed by atoms with Crippen LogP contribution in [-0.2, 0) is 0 Å². The second-order valence-corrected chi connectivity index (χ2v) is 3.14. The Hall–Kier alpha value is -0.930. The molecule has 3 heteroatoms. The van der Waals surface area contributed by atoms with E-state index in [0.29, 0.717) is 12.0 Å². The largest absolute Gasteiger partial charge is 0.396 e. The van der Waals surface area contributed by atoms with Gasteiger partial charge >= 0.3 is 0 Å². The maximum Gasteiger partial charge on any atom is 0.128 e. The van der Waals surface area contributed by atoms with Crippen molar-refractivity contribution < 1.29 is 9.50 Å². The van der Waals surface area contributed by atoms with Crippen LogP contribution in [0.2, 0.25) is 0 Å². The van der Waals surface area contributed by atoms with Gasteiger partial charge in [0, 0.05) is 18.2 Å². The van der Waals surface area contributed by atoms with Gasteiger partial charge in [0.05, 0.1) is 0 Å². The number of aliphatic hydroxyl groups is 1. The molecule has 1 aromatic rings. The summed E-state index contributed by atoms with van der Waals surface area (Å²) >= 11 is 0. The molecule has 0 aliphatic heterocycles. The van der Waals surface area contributed by atoms with Crippen LogP contribution in [0.1, 0.15) is 23.6 Å². The molecule has 2 nitrogen and oxygen atoms in total. The third-order valence-corrected chi connectivity index (χ3v) is 2.00. The number of aryl methyl sites for hydroxylation is 1. The van der Waals surface area contributed by atoms with Gasteiger partial charge in [-0.05, 0) is 25.0 Å². The second-order valence-electron chi connectivity index (χ2n) is 3.14. The Morgan fingerprint density at radius 1 is 1.54 bits per heavy atom. The molecule has 0 radical (unpaired) electrons. The number of hydrogen-bond donors (Lipinski definition) is 2. The summed E-state index contributed by atoms with van der Waals surface area (Å²) in [6, 6.07) is 4.53. The number of halogens is 1. The predicted molar refractivity (Wildman–Crippen MR) is 49.8 cm³/mol. The molecule has 0 aliphatic rings. The molecule has 0 unspecified atom stereocenters. The molecule has 13 heavy (non-hydrogen) atoms. The van der Waals surface area contributed by atoms with Gasteiger partial charge in [0.15, 0.2) is 0 Å². The second kappa shape index (κ2) is 4.35. The number of hydrogen-bond acceptors (Lipinski definition) is 2. The van der Waals surface area contributed by atoms with Crippen LogP contribution in [0, 0.1) is 12.7 Å². The lowest BCUT2D eigenvalue weighted by molar-refractivity contribution is 0.275. The molecule has 1 rings (SSSR count). The van der Waals surface area contributed by atoms with Crippen molar-refractivity contribution in [3.63, 3.8) is 0 Å². The summed E-state index contributed by atoms with van der Waals surface area (Å²) in [5, 5.41) is 8.64. The molecule has 3 N–H and O–H groups in total. The molecular weight excluding hydrogens is 169 g/mol. The molecule has 1 aromatic carbocycles. The summed E-state index contributed by atoms with van der Waals surface area (Å²) in [7, 11) is 0. The average molecular weight is 183 g/mol. The predicted octanol–water partition coefficient (Wildman–Crippen LogP) is 1.52. The summed E-state index contributed by atoms with van der Waals surface area (Å²) < 4.78 is 13.3. The van der Waals surface area contributed by atoms with Crippen molar-refractivity contribution in [1.82, 2.24) is 0 Å². The molecule has 0 bridgehead atoms. The standard InChI is InChI=1S/C10H14FNO/c1-7-2-3-8(9(11)6-7)10(12)4-5-13/h2-3,6,10,13H,4-5,12H2,1H3/t10-/m1/s1. The van der Waals surface area contributed by atoms with Crippen LogP contribution in [0.4, 0.5) is 4.39 Å². The van der Waals surface area contributed by atoms with E-state index in [1.165, 1.54) is 6.07 Å². The molecule has 0 aromatic heterocycles. The maximum atomic E-state index is 13.3. The zero-order valence-corrected chi connectivity index (χ0v) is 7.63. The minimum Gasteiger partial charge on any atom is -0.396 e. The summed E-state index contributed by atoms with van der Waals surface area (Å²) in [6.45, 7) is 1.80. The smallest absolute Gasteiger partial charge is 0.128 e. The van der Waals surface area contributed by atoms with E-state index < -0.39 is 6.04 Å². The quantitative estimate of drug-likeness (QED) is 0.746. The van der Waals surface area contributed by atoms with E-state index in [0.717, 1.165) is 5.56 Å². The lowest BCUT2D eigenvalue weighted by atomic mass is 10.0. The van der Waals surface area contributed by atoms with Gasteiger partial charge in [-0.25, -0.2) is 4.39 Å². The number of aliphatic hydroxyl groups excluding tert-OH is 1. The van der Waals surface area contributed by atoms with Crippen molar-refractivity contribution >= 4 is 0 Å². The van der Waals surface area contributed by atoms with Crippen molar-refractivity contribution in [3.8, 4) is 0 Å². The third-order valence-electron chi connectivity index (χ3n) is 2.00. The Morgan fingerprint density at radius 3 is 2.77 bits per heavy atom. The van der Waals surface area contributed by atoms with Crippen LogP contribution in [0.5, 0.6) is 0 Å². The summed E-state index contributed by atoms with van der Waals surface area (Å²) in [5.74, 6) is -0.291. The van der Waals surface area contributed by atoms with Gasteiger partial charge in [-0.1, -0.05) is 12.1 Å². The molecule has 0 saturated carbocycles. The van der Waals surface area contributed by atoms with E-state index in [2.05, 4.69) is 0 Å². The van der Waals surface area contributed by atoms with Gasteiger partial charge in [-0.15, -0.1) is 0 Å². The van der Waals surface area contributed by atoms with Crippen LogP contribution in [0.3, 0.4) is 0 Å². The summed E-state index contributed by atoms with van der Waals surface area (Å²) in [5.41, 5.74) is 7.00. The van der Waals surface area contributed by atoms with Crippen LogP contribution in [0.25, 0.3) is 0 Å². The lowest BCUT2D eigenvalue weighted by Crippen LogP contribution is -2.13. The average Bonchev–Trinajstić information content (AvgIpc) is 2.04. The van der Waals surface area contributed by atoms with Gasteiger partial charge in [0.2, 0.25) is 0 Å². The third kappa shape index (κ3) is 2.50. The topological polar surface area (TPSA) is 46.2 Å². The highest BCUT2D eigenvalue weighted by Crippen LogP contribution is 2.18. The van der Waals surface area contributed by atoms with Crippen molar-refractivity contribution in [2.45, 2.75) is 19.4 Å². The highest BCUT2D eigenvalue weighted by atomic mass is 19.1. The molecule has 0 aliphatic carbocycles. The normalized spacial score (nSPS) is 12.9. The van der Waals surface area contributed by atoms with E-state index in [1.54, 1.807) is 6.07 Å². The van der Waals surface area contributed by atoms with E-state index in [9.17, 15) is 4.39 Å². The first-order chi connectivity index (χ1) is 6.15. The monoisotopic (exact) mass is 183 g/mol. The van der Waals surface area contributed by atoms with Gasteiger partial charge in [0.25, 0.3) is 0 Å². The molecule has 0 heterocycles. The molecule has 72 valence electrons. The fourth-order valence-corrected chi connectivity index (χ4v) is 1.23. The molecule has 0 spiro atoms. The Balaban J connectivity index is 2.88. The minimum atomic E-state index is -0.411. The number of nitrogens with two attached hydrogens (primary N) is 1. The van der Waals surface area contributed by atoms with Crippen LogP contribution >= 0.6 is 0 Å². The van der Waals surface area contributed by atoms with E-state index in [-0.39, 0.29) is 12.4 Å². The zero-order chi connectivity index (χ0) is 9.84. The molecule has 0 amide bonds. The summed E-state index contributed by atoms with van der Waals surface area (Å²) in [4.78, 5) is 0. The van der Waals surface area contributed by atoms with Gasteiger partial charge in [-0.3, -0.25) is 0 Å². The minimum absolute atomic E-state index is 0.0194. The molecule has 1 atom stereocenters. The maximum absolute atomic E-state index is 13.3. The number of benzene rings is 1. The Labute approximate surface area is 77.2 Å². The fraction of sp³-hybridized carbons (Fsp3) is 0.400. The Kier molecular flexibility index (Phi) is 3.39. The highest BCUT2D eigenvalue weighted by Gasteiger charge is 2.10. The first kappa shape index (κ1) is 10.2. The Bertz CT molecular complexity index is 288. The molecule has 0 saturated heterocycles. The van der Waals surface area contributed by atoms with E-state index in [4.69, 9.17) is 10.8 Å². The van der Waals surface area contributed by atoms with E-state index in [1.807, 2.05) is 13.0 Å². The van der Waals surface area contributed by atoms with Crippen LogP contribution < -0.4 is 5.73 Å². The zero-order valence-electron chi connectivity index (χ0n) is 7.63. The van der Waals surface area contributed by atoms with E-state index >= 15 is 0 Å². The van der Waals surface area contributed by atoms with Crippen molar-refractivity contribution in [1.29, 1.82) is 0 Å². The van der Waals surface area contributed by atoms with Crippen molar-refractivity contribution in [2.75, 3.05) is 6.61 Å². The first-order valence-corrected chi connectivity index (χ1v) is 4.27. The van der Waals surface area contributed by atoms with Crippen molar-refractivity contribution in [2.24, 2.45) is 5.73 Å². The molecular formula is C10H14FNO. The van der Waals surface area contributed by atoms with Crippen LogP contribution in [0.15, 0.2) is 18.2 Å². The molecule has 0 fully saturated rings.